The maximum atomic E-state index is 6.89. The molecule has 0 N–H and O–H groups in total. The van der Waals surface area contributed by atoms with E-state index in [0.717, 1.165) is 34.2 Å². The number of rotatable bonds is 21. The molecule has 0 bridgehead atoms. The first kappa shape index (κ1) is 52.3. The Bertz CT molecular complexity index is 935. The van der Waals surface area contributed by atoms with E-state index < -0.39 is 0 Å². The number of halogens is 1. The number of benzene rings is 2. The van der Waals surface area contributed by atoms with Gasteiger partial charge in [0.2, 0.25) is 0 Å². The average molecular weight is 957 g/mol. The second kappa shape index (κ2) is 41.4. The fourth-order valence-electron chi connectivity index (χ4n) is 4.88. The summed E-state index contributed by atoms with van der Waals surface area (Å²) in [4.78, 5) is 0. The SMILES string of the molecule is CCCC[PH+](CCCC)CCCC.CCCC[PH+](CCCC)CCCC.[C-]#Cc1ccc(Br)cc1.[C-]#Cc1ccc(CCCS)cc1.[Pt+2]. The zero-order chi connectivity index (χ0) is 35.4. The van der Waals surface area contributed by atoms with Crippen LogP contribution in [0, 0.1) is 24.7 Å². The molecule has 0 unspecified atom stereocenters. The van der Waals surface area contributed by atoms with E-state index in [4.69, 9.17) is 12.8 Å². The third-order valence-electron chi connectivity index (χ3n) is 8.01. The van der Waals surface area contributed by atoms with Crippen LogP contribution in [0.1, 0.15) is 142 Å². The van der Waals surface area contributed by atoms with Gasteiger partial charge in [-0.2, -0.15) is 12.6 Å². The standard InChI is InChI=1S/2C12H27P.C11H11S.C8H4Br.Pt/c2*1-4-7-10-13(11-8-5-2)12-9-6-3;1-2-10-5-7-11(8-6-10)4-3-9-12;1-2-7-3-5-8(9)6-4-7;/h2*4-12H2,1-3H3;5-8,12H,3-4,9H2;3-6H;/q;;2*-1;+2/p+2. The molecular formula is C43H71BrP2PtS+2. The van der Waals surface area contributed by atoms with E-state index in [1.165, 1.54) is 82.6 Å². The molecule has 0 nitrogen and oxygen atoms in total. The third kappa shape index (κ3) is 34.4. The summed E-state index contributed by atoms with van der Waals surface area (Å²) in [5.74, 6) is 5.56. The quantitative estimate of drug-likeness (QED) is 0.0548. The zero-order valence-corrected chi connectivity index (χ0v) is 38.4. The Morgan fingerprint density at radius 2 is 0.812 bits per heavy atom. The fraction of sp³-hybridized carbons (Fsp3) is 0.628. The predicted octanol–water partition coefficient (Wildman–Crippen LogP) is 14.1. The summed E-state index contributed by atoms with van der Waals surface area (Å²) < 4.78 is 1.03. The van der Waals surface area contributed by atoms with Gasteiger partial charge in [-0.15, -0.1) is 35.4 Å². The van der Waals surface area contributed by atoms with Crippen LogP contribution in [-0.2, 0) is 27.5 Å². The van der Waals surface area contributed by atoms with E-state index in [1.54, 1.807) is 37.0 Å². The first-order valence-corrected chi connectivity index (χ1v) is 24.5. The molecule has 0 aromatic heterocycles. The van der Waals surface area contributed by atoms with Crippen molar-refractivity contribution in [3.8, 4) is 11.8 Å². The van der Waals surface area contributed by atoms with E-state index in [1.807, 2.05) is 48.5 Å². The smallest absolute Gasteiger partial charge is 0.366 e. The molecule has 0 aliphatic rings. The van der Waals surface area contributed by atoms with Crippen LogP contribution in [0.25, 0.3) is 0 Å². The van der Waals surface area contributed by atoms with Crippen LogP contribution in [0.5, 0.6) is 0 Å². The van der Waals surface area contributed by atoms with Crippen LogP contribution in [0.2, 0.25) is 0 Å². The minimum Gasteiger partial charge on any atom is -0.366 e. The molecule has 0 fully saturated rings. The summed E-state index contributed by atoms with van der Waals surface area (Å²) in [6.45, 7) is 13.9. The van der Waals surface area contributed by atoms with Gasteiger partial charge in [-0.3, -0.25) is 11.8 Å². The number of unbranched alkanes of at least 4 members (excludes halogenated alkanes) is 6. The molecule has 2 aromatic rings. The van der Waals surface area contributed by atoms with Gasteiger partial charge < -0.3 is 12.8 Å². The second-order valence-corrected chi connectivity index (χ2v) is 19.8. The molecule has 0 aliphatic heterocycles. The van der Waals surface area contributed by atoms with Gasteiger partial charge >= 0.3 is 21.1 Å². The van der Waals surface area contributed by atoms with E-state index >= 15 is 0 Å². The first-order valence-electron chi connectivity index (χ1n) is 18.9. The fourth-order valence-corrected chi connectivity index (χ4v) is 11.9. The van der Waals surface area contributed by atoms with E-state index in [9.17, 15) is 0 Å². The number of hydrogen-bond acceptors (Lipinski definition) is 1. The predicted molar refractivity (Wildman–Crippen MR) is 231 cm³/mol. The van der Waals surface area contributed by atoms with E-state index in [2.05, 4.69) is 81.9 Å². The molecule has 274 valence electrons. The molecule has 0 saturated carbocycles. The first-order chi connectivity index (χ1) is 22.9. The normalized spacial score (nSPS) is 9.92. The Morgan fingerprint density at radius 1 is 0.521 bits per heavy atom. The molecule has 0 heterocycles. The number of aryl methyl sites for hydroxylation is 1. The van der Waals surface area contributed by atoms with Crippen LogP contribution in [0.15, 0.2) is 53.0 Å². The van der Waals surface area contributed by atoms with Gasteiger partial charge in [-0.1, -0.05) is 126 Å². The monoisotopic (exact) mass is 955 g/mol. The number of thiol groups is 1. The average Bonchev–Trinajstić information content (AvgIpc) is 3.11. The summed E-state index contributed by atoms with van der Waals surface area (Å²) >= 11 is 7.43. The van der Waals surface area contributed by atoms with Gasteiger partial charge in [0.15, 0.2) is 0 Å². The van der Waals surface area contributed by atoms with Gasteiger partial charge in [0.05, 0.1) is 37.0 Å². The number of hydrogen-bond donors (Lipinski definition) is 1. The van der Waals surface area contributed by atoms with Crippen molar-refractivity contribution in [2.45, 2.75) is 131 Å². The Balaban J connectivity index is -0.000000562. The molecule has 0 aliphatic carbocycles. The van der Waals surface area contributed by atoms with Crippen LogP contribution in [0.4, 0.5) is 0 Å². The molecule has 2 rings (SSSR count). The maximum Gasteiger partial charge on any atom is 2.00 e. The maximum absolute atomic E-state index is 6.89. The van der Waals surface area contributed by atoms with E-state index in [-0.39, 0.29) is 36.9 Å². The molecule has 5 heteroatoms. The van der Waals surface area contributed by atoms with Gasteiger partial charge in [-0.25, -0.2) is 0 Å². The van der Waals surface area contributed by atoms with Crippen LogP contribution < -0.4 is 0 Å². The zero-order valence-electron chi connectivity index (χ0n) is 31.6. The minimum atomic E-state index is 0. The van der Waals surface area contributed by atoms with Crippen molar-refractivity contribution in [2.75, 3.05) is 42.7 Å². The van der Waals surface area contributed by atoms with Gasteiger partial charge in [0.1, 0.15) is 0 Å². The van der Waals surface area contributed by atoms with Crippen molar-refractivity contribution in [3.05, 3.63) is 82.5 Å². The molecule has 0 amide bonds. The molecule has 0 atom stereocenters. The van der Waals surface area contributed by atoms with Crippen molar-refractivity contribution >= 4 is 44.4 Å². The topological polar surface area (TPSA) is 0 Å². The Hall–Kier alpha value is -0.0617. The van der Waals surface area contributed by atoms with Gasteiger partial charge in [0, 0.05) is 20.3 Å². The minimum absolute atomic E-state index is 0. The summed E-state index contributed by atoms with van der Waals surface area (Å²) in [6, 6.07) is 15.4. The molecule has 0 spiro atoms. The van der Waals surface area contributed by atoms with Crippen LogP contribution >= 0.6 is 44.4 Å². The van der Waals surface area contributed by atoms with E-state index in [0.29, 0.717) is 0 Å². The second-order valence-electron chi connectivity index (χ2n) is 12.4. The third-order valence-corrected chi connectivity index (χ3v) is 15.2. The van der Waals surface area contributed by atoms with Gasteiger partial charge in [-0.05, 0) is 57.1 Å². The summed E-state index contributed by atoms with van der Waals surface area (Å²) in [5, 5.41) is 0. The molecule has 2 aromatic carbocycles. The molecular weight excluding hydrogens is 885 g/mol. The summed E-state index contributed by atoms with van der Waals surface area (Å²) in [5.41, 5.74) is 2.95. The van der Waals surface area contributed by atoms with Crippen molar-refractivity contribution in [1.29, 1.82) is 0 Å². The molecule has 48 heavy (non-hydrogen) atoms. The summed E-state index contributed by atoms with van der Waals surface area (Å²) in [7, 11) is 0.135. The molecule has 0 saturated heterocycles. The Morgan fingerprint density at radius 3 is 1.06 bits per heavy atom. The van der Waals surface area contributed by atoms with Crippen molar-refractivity contribution < 1.29 is 21.1 Å². The van der Waals surface area contributed by atoms with Crippen molar-refractivity contribution in [1.82, 2.24) is 0 Å². The van der Waals surface area contributed by atoms with Crippen LogP contribution in [-0.4, -0.2) is 42.7 Å². The summed E-state index contributed by atoms with van der Waals surface area (Å²) in [6.07, 6.45) is 42.6. The van der Waals surface area contributed by atoms with Crippen LogP contribution in [0.3, 0.4) is 0 Å². The van der Waals surface area contributed by atoms with Gasteiger partial charge in [0.25, 0.3) is 0 Å². The molecule has 0 radical (unpaired) electrons. The Labute approximate surface area is 331 Å². The Kier molecular flexibility index (Phi) is 45.1. The van der Waals surface area contributed by atoms with Crippen molar-refractivity contribution in [3.63, 3.8) is 0 Å². The van der Waals surface area contributed by atoms with Crippen molar-refractivity contribution in [2.24, 2.45) is 0 Å². The largest absolute Gasteiger partial charge is 2.00 e.